The van der Waals surface area contributed by atoms with Gasteiger partial charge in [-0.3, -0.25) is 19.4 Å². The van der Waals surface area contributed by atoms with E-state index < -0.39 is 23.7 Å². The first-order valence-corrected chi connectivity index (χ1v) is 8.19. The van der Waals surface area contributed by atoms with E-state index in [1.54, 1.807) is 24.3 Å². The van der Waals surface area contributed by atoms with Crippen molar-refractivity contribution in [3.8, 4) is 0 Å². The predicted octanol–water partition coefficient (Wildman–Crippen LogP) is 2.09. The Morgan fingerprint density at radius 2 is 1.81 bits per heavy atom. The van der Waals surface area contributed by atoms with Crippen LogP contribution in [0.25, 0.3) is 0 Å². The van der Waals surface area contributed by atoms with Crippen LogP contribution in [-0.4, -0.2) is 29.4 Å². The summed E-state index contributed by atoms with van der Waals surface area (Å²) in [5.41, 5.74) is 6.67. The zero-order valence-electron chi connectivity index (χ0n) is 14.5. The number of primary amides is 1. The van der Waals surface area contributed by atoms with Gasteiger partial charge in [0.1, 0.15) is 17.6 Å². The average Bonchev–Trinajstić information content (AvgIpc) is 3.08. The van der Waals surface area contributed by atoms with Crippen molar-refractivity contribution in [2.24, 2.45) is 10.8 Å². The fourth-order valence-corrected chi connectivity index (χ4v) is 2.79. The molecule has 0 saturated carbocycles. The number of nitrogens with zero attached hydrogens (tertiary/aromatic N) is 2. The number of Topliss-reactive ketones (excluding diaryl/α,β-unsaturated/α-hetero) is 1. The summed E-state index contributed by atoms with van der Waals surface area (Å²) in [7, 11) is 0. The molecular weight excluding hydrogens is 351 g/mol. The molecule has 0 radical (unpaired) electrons. The van der Waals surface area contributed by atoms with Gasteiger partial charge >= 0.3 is 0 Å². The lowest BCUT2D eigenvalue weighted by atomic mass is 10.1. The SMILES string of the molecule is CC(=O)c1ccccc1NC(=O)C1=NN(c2ccc(F)cc2)C(C(N)=O)C1. The molecule has 0 spiro atoms. The van der Waals surface area contributed by atoms with Crippen molar-refractivity contribution in [2.45, 2.75) is 19.4 Å². The van der Waals surface area contributed by atoms with Gasteiger partial charge in [0.25, 0.3) is 5.91 Å². The zero-order chi connectivity index (χ0) is 19.6. The maximum Gasteiger partial charge on any atom is 0.271 e. The second-order valence-corrected chi connectivity index (χ2v) is 6.05. The molecule has 1 aliphatic rings. The molecule has 0 saturated heterocycles. The molecule has 7 nitrogen and oxygen atoms in total. The van der Waals surface area contributed by atoms with Crippen molar-refractivity contribution < 1.29 is 18.8 Å². The van der Waals surface area contributed by atoms with Crippen molar-refractivity contribution in [3.05, 3.63) is 59.9 Å². The van der Waals surface area contributed by atoms with Crippen LogP contribution in [0.3, 0.4) is 0 Å². The normalized spacial score (nSPS) is 16.0. The van der Waals surface area contributed by atoms with Crippen LogP contribution >= 0.6 is 0 Å². The van der Waals surface area contributed by atoms with Gasteiger partial charge in [-0.25, -0.2) is 4.39 Å². The van der Waals surface area contributed by atoms with Crippen molar-refractivity contribution >= 4 is 34.7 Å². The number of para-hydroxylation sites is 1. The van der Waals surface area contributed by atoms with Crippen molar-refractivity contribution in [3.63, 3.8) is 0 Å². The third-order valence-corrected chi connectivity index (χ3v) is 4.15. The minimum atomic E-state index is -0.862. The van der Waals surface area contributed by atoms with E-state index in [0.717, 1.165) is 0 Å². The number of nitrogens with one attached hydrogen (secondary N) is 1. The third-order valence-electron chi connectivity index (χ3n) is 4.15. The van der Waals surface area contributed by atoms with E-state index in [2.05, 4.69) is 10.4 Å². The van der Waals surface area contributed by atoms with Crippen LogP contribution < -0.4 is 16.1 Å². The maximum absolute atomic E-state index is 13.1. The van der Waals surface area contributed by atoms with Crippen LogP contribution in [0.15, 0.2) is 53.6 Å². The molecule has 1 unspecified atom stereocenters. The number of hydrogen-bond acceptors (Lipinski definition) is 5. The van der Waals surface area contributed by atoms with Crippen molar-refractivity contribution in [1.29, 1.82) is 0 Å². The smallest absolute Gasteiger partial charge is 0.271 e. The molecular formula is C19H17FN4O3. The Kier molecular flexibility index (Phi) is 4.98. The van der Waals surface area contributed by atoms with Crippen molar-refractivity contribution in [2.75, 3.05) is 10.3 Å². The number of carbonyl (C=O) groups excluding carboxylic acids is 3. The van der Waals surface area contributed by atoms with Gasteiger partial charge in [-0.1, -0.05) is 12.1 Å². The molecule has 0 aromatic heterocycles. The summed E-state index contributed by atoms with van der Waals surface area (Å²) < 4.78 is 13.1. The number of carbonyl (C=O) groups is 3. The molecule has 0 bridgehead atoms. The van der Waals surface area contributed by atoms with E-state index in [1.807, 2.05) is 0 Å². The lowest BCUT2D eigenvalue weighted by Gasteiger charge is -2.20. The highest BCUT2D eigenvalue weighted by Gasteiger charge is 2.35. The molecule has 138 valence electrons. The fraction of sp³-hybridized carbons (Fsp3) is 0.158. The van der Waals surface area contributed by atoms with E-state index in [1.165, 1.54) is 36.2 Å². The third kappa shape index (κ3) is 3.84. The largest absolute Gasteiger partial charge is 0.368 e. The van der Waals surface area contributed by atoms with Gasteiger partial charge in [-0.2, -0.15) is 5.10 Å². The molecule has 3 rings (SSSR count). The van der Waals surface area contributed by atoms with Crippen LogP contribution in [0, 0.1) is 5.82 Å². The minimum Gasteiger partial charge on any atom is -0.368 e. The van der Waals surface area contributed by atoms with Gasteiger partial charge in [-0.15, -0.1) is 0 Å². The molecule has 27 heavy (non-hydrogen) atoms. The van der Waals surface area contributed by atoms with Gasteiger partial charge in [0, 0.05) is 12.0 Å². The molecule has 1 atom stereocenters. The lowest BCUT2D eigenvalue weighted by Crippen LogP contribution is -2.39. The van der Waals surface area contributed by atoms with Crippen LogP contribution in [0.5, 0.6) is 0 Å². The highest BCUT2D eigenvalue weighted by molar-refractivity contribution is 6.44. The Bertz CT molecular complexity index is 940. The van der Waals surface area contributed by atoms with Crippen LogP contribution in [-0.2, 0) is 9.59 Å². The Labute approximate surface area is 154 Å². The van der Waals surface area contributed by atoms with Gasteiger partial charge in [-0.05, 0) is 43.3 Å². The van der Waals surface area contributed by atoms with Crippen LogP contribution in [0.4, 0.5) is 15.8 Å². The van der Waals surface area contributed by atoms with E-state index in [0.29, 0.717) is 16.9 Å². The van der Waals surface area contributed by atoms with Crippen molar-refractivity contribution in [1.82, 2.24) is 0 Å². The maximum atomic E-state index is 13.1. The van der Waals surface area contributed by atoms with Gasteiger partial charge < -0.3 is 11.1 Å². The summed E-state index contributed by atoms with van der Waals surface area (Å²) in [6.07, 6.45) is 0.000775. The molecule has 1 aliphatic heterocycles. The van der Waals surface area contributed by atoms with Gasteiger partial charge in [0.2, 0.25) is 5.91 Å². The topological polar surface area (TPSA) is 105 Å². The van der Waals surface area contributed by atoms with E-state index in [4.69, 9.17) is 5.73 Å². The number of nitrogens with two attached hydrogens (primary N) is 1. The Morgan fingerprint density at radius 3 is 2.44 bits per heavy atom. The second-order valence-electron chi connectivity index (χ2n) is 6.05. The number of benzene rings is 2. The molecule has 8 heteroatoms. The number of ketones is 1. The Morgan fingerprint density at radius 1 is 1.15 bits per heavy atom. The predicted molar refractivity (Wildman–Crippen MR) is 99.0 cm³/mol. The molecule has 3 N–H and O–H groups in total. The van der Waals surface area contributed by atoms with E-state index in [9.17, 15) is 18.8 Å². The Balaban J connectivity index is 1.87. The number of halogens is 1. The molecule has 0 fully saturated rings. The highest BCUT2D eigenvalue weighted by Crippen LogP contribution is 2.25. The van der Waals surface area contributed by atoms with Gasteiger partial charge in [0.05, 0.1) is 11.4 Å². The van der Waals surface area contributed by atoms with Gasteiger partial charge in [0.15, 0.2) is 5.78 Å². The molecule has 2 aromatic carbocycles. The first kappa shape index (κ1) is 18.2. The van der Waals surface area contributed by atoms with E-state index >= 15 is 0 Å². The first-order chi connectivity index (χ1) is 12.9. The Hall–Kier alpha value is -3.55. The first-order valence-electron chi connectivity index (χ1n) is 8.19. The quantitative estimate of drug-likeness (QED) is 0.788. The summed E-state index contributed by atoms with van der Waals surface area (Å²) in [5.74, 6) is -1.83. The number of rotatable bonds is 5. The molecule has 2 amide bonds. The summed E-state index contributed by atoms with van der Waals surface area (Å²) in [5, 5.41) is 8.14. The number of hydrogen-bond donors (Lipinski definition) is 2. The summed E-state index contributed by atoms with van der Waals surface area (Å²) >= 11 is 0. The summed E-state index contributed by atoms with van der Waals surface area (Å²) in [6, 6.07) is 11.1. The number of amides is 2. The number of anilines is 2. The van der Waals surface area contributed by atoms with Crippen LogP contribution in [0.1, 0.15) is 23.7 Å². The lowest BCUT2D eigenvalue weighted by molar-refractivity contribution is -0.119. The minimum absolute atomic E-state index is 0.000775. The number of hydrazone groups is 1. The molecule has 1 heterocycles. The fourth-order valence-electron chi connectivity index (χ4n) is 2.79. The molecule has 0 aliphatic carbocycles. The average molecular weight is 368 g/mol. The summed E-state index contributed by atoms with van der Waals surface area (Å²) in [6.45, 7) is 1.40. The monoisotopic (exact) mass is 368 g/mol. The zero-order valence-corrected chi connectivity index (χ0v) is 14.5. The highest BCUT2D eigenvalue weighted by atomic mass is 19.1. The van der Waals surface area contributed by atoms with E-state index in [-0.39, 0.29) is 17.9 Å². The standard InChI is InChI=1S/C19H17FN4O3/c1-11(25)14-4-2-3-5-15(14)22-19(27)16-10-17(18(21)26)24(23-16)13-8-6-12(20)7-9-13/h2-9,17H,10H2,1H3,(H2,21,26)(H,22,27). The van der Waals surface area contributed by atoms with Crippen LogP contribution in [0.2, 0.25) is 0 Å². The second kappa shape index (κ2) is 7.36. The molecule has 2 aromatic rings. The summed E-state index contributed by atoms with van der Waals surface area (Å²) in [4.78, 5) is 36.1.